The molecule has 0 saturated carbocycles. The number of hydrogen-bond donors (Lipinski definition) is 1. The molecule has 3 nitrogen and oxygen atoms in total. The first-order valence-electron chi connectivity index (χ1n) is 4.67. The van der Waals surface area contributed by atoms with Crippen LogP contribution in [0.3, 0.4) is 0 Å². The van der Waals surface area contributed by atoms with Gasteiger partial charge in [0.15, 0.2) is 0 Å². The summed E-state index contributed by atoms with van der Waals surface area (Å²) < 4.78 is 13.5. The second-order valence-corrected chi connectivity index (χ2v) is 5.15. The van der Waals surface area contributed by atoms with Crippen LogP contribution < -0.4 is 0 Å². The molecule has 0 radical (unpaired) electrons. The topological polar surface area (TPSA) is 50.2 Å². The third-order valence-corrected chi connectivity index (χ3v) is 3.36. The molecule has 1 aromatic heterocycles. The molecule has 0 aliphatic heterocycles. The number of carboxylic acid groups (broad SMARTS) is 1. The summed E-state index contributed by atoms with van der Waals surface area (Å²) in [6, 6.07) is 0. The van der Waals surface area contributed by atoms with Crippen LogP contribution in [0, 0.1) is 5.92 Å². The van der Waals surface area contributed by atoms with Gasteiger partial charge in [-0.3, -0.25) is 4.79 Å². The smallest absolute Gasteiger partial charge is 0.306 e. The number of hydrogen-bond acceptors (Lipinski definition) is 3. The predicted octanol–water partition coefficient (Wildman–Crippen LogP) is 2.61. The fourth-order valence-corrected chi connectivity index (χ4v) is 2.07. The molecule has 0 aliphatic rings. The van der Waals surface area contributed by atoms with Crippen LogP contribution in [0.2, 0.25) is 0 Å². The number of rotatable bonds is 4. The summed E-state index contributed by atoms with van der Waals surface area (Å²) in [5, 5.41) is 9.38. The fraction of sp³-hybridized carbons (Fsp3) is 0.600. The maximum absolute atomic E-state index is 13.5. The van der Waals surface area contributed by atoms with E-state index in [1.807, 2.05) is 0 Å². The summed E-state index contributed by atoms with van der Waals surface area (Å²) in [6.07, 6.45) is 1.84. The first kappa shape index (κ1) is 12.1. The van der Waals surface area contributed by atoms with Crippen molar-refractivity contribution >= 4 is 17.3 Å². The van der Waals surface area contributed by atoms with E-state index in [1.54, 1.807) is 6.92 Å². The first-order chi connectivity index (χ1) is 6.80. The van der Waals surface area contributed by atoms with Crippen LogP contribution in [0.25, 0.3) is 0 Å². The second kappa shape index (κ2) is 4.26. The Bertz CT molecular complexity index is 357. The molecule has 5 heteroatoms. The summed E-state index contributed by atoms with van der Waals surface area (Å²) in [5.74, 6) is -1.34. The zero-order valence-corrected chi connectivity index (χ0v) is 9.77. The minimum atomic E-state index is -1.40. The third-order valence-electron chi connectivity index (χ3n) is 2.04. The van der Waals surface area contributed by atoms with Crippen molar-refractivity contribution in [3.05, 3.63) is 16.1 Å². The van der Waals surface area contributed by atoms with Crippen molar-refractivity contribution in [3.8, 4) is 0 Å². The van der Waals surface area contributed by atoms with E-state index in [4.69, 9.17) is 5.11 Å². The molecule has 1 N–H and O–H groups in total. The fourth-order valence-electron chi connectivity index (χ4n) is 1.03. The average molecular weight is 231 g/mol. The minimum Gasteiger partial charge on any atom is -0.481 e. The first-order valence-corrected chi connectivity index (χ1v) is 5.49. The Balaban J connectivity index is 2.73. The van der Waals surface area contributed by atoms with Gasteiger partial charge in [0.25, 0.3) is 0 Å². The zero-order chi connectivity index (χ0) is 11.6. The molecule has 0 fully saturated rings. The van der Waals surface area contributed by atoms with Crippen molar-refractivity contribution < 1.29 is 14.3 Å². The molecular weight excluding hydrogens is 217 g/mol. The molecular formula is C10H14FNO2S. The van der Waals surface area contributed by atoms with Crippen molar-refractivity contribution in [3.63, 3.8) is 0 Å². The number of carbonyl (C=O) groups is 1. The molecule has 0 aliphatic carbocycles. The van der Waals surface area contributed by atoms with E-state index < -0.39 is 17.6 Å². The molecule has 0 saturated heterocycles. The highest BCUT2D eigenvalue weighted by atomic mass is 32.1. The molecule has 15 heavy (non-hydrogen) atoms. The van der Waals surface area contributed by atoms with Gasteiger partial charge in [-0.2, -0.15) is 0 Å². The van der Waals surface area contributed by atoms with Gasteiger partial charge in [0.2, 0.25) is 0 Å². The molecule has 0 amide bonds. The van der Waals surface area contributed by atoms with E-state index in [1.165, 1.54) is 31.4 Å². The van der Waals surface area contributed by atoms with E-state index >= 15 is 0 Å². The van der Waals surface area contributed by atoms with Gasteiger partial charge in [0.05, 0.1) is 15.8 Å². The Morgan fingerprint density at radius 3 is 2.73 bits per heavy atom. The van der Waals surface area contributed by atoms with Crippen LogP contribution in [0.15, 0.2) is 6.20 Å². The van der Waals surface area contributed by atoms with Crippen LogP contribution in [0.5, 0.6) is 0 Å². The summed E-state index contributed by atoms with van der Waals surface area (Å²) in [7, 11) is 0. The van der Waals surface area contributed by atoms with Crippen LogP contribution in [-0.2, 0) is 16.9 Å². The van der Waals surface area contributed by atoms with Gasteiger partial charge in [-0.1, -0.05) is 6.92 Å². The quantitative estimate of drug-likeness (QED) is 0.866. The Morgan fingerprint density at radius 1 is 1.73 bits per heavy atom. The van der Waals surface area contributed by atoms with E-state index in [0.29, 0.717) is 16.3 Å². The van der Waals surface area contributed by atoms with Gasteiger partial charge in [-0.25, -0.2) is 9.37 Å². The van der Waals surface area contributed by atoms with Gasteiger partial charge in [-0.15, -0.1) is 11.3 Å². The van der Waals surface area contributed by atoms with E-state index in [0.717, 1.165) is 0 Å². The number of halogens is 1. The lowest BCUT2D eigenvalue weighted by molar-refractivity contribution is -0.141. The lowest BCUT2D eigenvalue weighted by Crippen LogP contribution is -2.11. The van der Waals surface area contributed by atoms with Gasteiger partial charge < -0.3 is 5.11 Å². The average Bonchev–Trinajstić information content (AvgIpc) is 2.51. The number of aromatic nitrogens is 1. The Kier molecular flexibility index (Phi) is 3.44. The lowest BCUT2D eigenvalue weighted by atomic mass is 10.1. The lowest BCUT2D eigenvalue weighted by Gasteiger charge is -2.09. The molecule has 1 heterocycles. The van der Waals surface area contributed by atoms with Crippen molar-refractivity contribution in [2.75, 3.05) is 0 Å². The molecule has 1 rings (SSSR count). The van der Waals surface area contributed by atoms with Crippen LogP contribution in [0.1, 0.15) is 30.7 Å². The predicted molar refractivity (Wildman–Crippen MR) is 56.8 cm³/mol. The number of thiazole rings is 1. The Labute approximate surface area is 92.0 Å². The molecule has 84 valence electrons. The summed E-state index contributed by atoms with van der Waals surface area (Å²) in [5.41, 5.74) is -1.40. The molecule has 0 aromatic carbocycles. The second-order valence-electron chi connectivity index (χ2n) is 4.03. The summed E-state index contributed by atoms with van der Waals surface area (Å²) >= 11 is 1.24. The molecule has 1 atom stereocenters. The maximum Gasteiger partial charge on any atom is 0.306 e. The Hall–Kier alpha value is -0.970. The number of alkyl halides is 1. The largest absolute Gasteiger partial charge is 0.481 e. The normalized spacial score (nSPS) is 13.9. The zero-order valence-electron chi connectivity index (χ0n) is 8.95. The van der Waals surface area contributed by atoms with Crippen molar-refractivity contribution in [2.24, 2.45) is 5.92 Å². The number of carboxylic acids is 1. The SMILES string of the molecule is CC(Cc1ncc(C(C)(C)F)s1)C(=O)O. The molecule has 0 bridgehead atoms. The highest BCUT2D eigenvalue weighted by Gasteiger charge is 2.23. The summed E-state index contributed by atoms with van der Waals surface area (Å²) in [4.78, 5) is 15.2. The van der Waals surface area contributed by atoms with E-state index in [-0.39, 0.29) is 0 Å². The van der Waals surface area contributed by atoms with E-state index in [2.05, 4.69) is 4.98 Å². The minimum absolute atomic E-state index is 0.357. The van der Waals surface area contributed by atoms with Gasteiger partial charge in [-0.05, 0) is 13.8 Å². The monoisotopic (exact) mass is 231 g/mol. The highest BCUT2D eigenvalue weighted by Crippen LogP contribution is 2.30. The Morgan fingerprint density at radius 2 is 2.33 bits per heavy atom. The van der Waals surface area contributed by atoms with Gasteiger partial charge in [0.1, 0.15) is 5.67 Å². The van der Waals surface area contributed by atoms with Gasteiger partial charge >= 0.3 is 5.97 Å². The van der Waals surface area contributed by atoms with Crippen molar-refractivity contribution in [1.29, 1.82) is 0 Å². The van der Waals surface area contributed by atoms with Crippen LogP contribution >= 0.6 is 11.3 Å². The summed E-state index contributed by atoms with van der Waals surface area (Å²) in [6.45, 7) is 4.54. The van der Waals surface area contributed by atoms with Crippen molar-refractivity contribution in [1.82, 2.24) is 4.98 Å². The molecule has 1 aromatic rings. The standard InChI is InChI=1S/C10H14FNO2S/c1-6(9(13)14)4-8-12-5-7(15-8)10(2,3)11/h5-6H,4H2,1-3H3,(H,13,14). The molecule has 0 spiro atoms. The number of aliphatic carboxylic acids is 1. The van der Waals surface area contributed by atoms with Gasteiger partial charge in [0, 0.05) is 12.6 Å². The third kappa shape index (κ3) is 3.27. The number of nitrogens with zero attached hydrogens (tertiary/aromatic N) is 1. The van der Waals surface area contributed by atoms with Crippen LogP contribution in [-0.4, -0.2) is 16.1 Å². The van der Waals surface area contributed by atoms with Crippen LogP contribution in [0.4, 0.5) is 4.39 Å². The van der Waals surface area contributed by atoms with E-state index in [9.17, 15) is 9.18 Å². The molecule has 1 unspecified atom stereocenters. The van der Waals surface area contributed by atoms with Crippen molar-refractivity contribution in [2.45, 2.75) is 32.9 Å². The maximum atomic E-state index is 13.5. The highest BCUT2D eigenvalue weighted by molar-refractivity contribution is 7.11.